The van der Waals surface area contributed by atoms with Gasteiger partial charge < -0.3 is 10.1 Å². The van der Waals surface area contributed by atoms with Crippen LogP contribution in [0.3, 0.4) is 0 Å². The van der Waals surface area contributed by atoms with Crippen molar-refractivity contribution in [1.29, 1.82) is 0 Å². The van der Waals surface area contributed by atoms with Crippen LogP contribution in [0.15, 0.2) is 35.0 Å². The Morgan fingerprint density at radius 2 is 1.69 bits per heavy atom. The quantitative estimate of drug-likeness (QED) is 0.406. The van der Waals surface area contributed by atoms with Crippen LogP contribution in [0.2, 0.25) is 0 Å². The number of esters is 1. The fourth-order valence-corrected chi connectivity index (χ4v) is 2.27. The molecule has 3 rings (SSSR count). The largest absolute Gasteiger partial charge is 0.465 e. The molecule has 0 amide bonds. The molecule has 0 fully saturated rings. The first-order valence-electron chi connectivity index (χ1n) is 6.96. The molecule has 0 saturated heterocycles. The maximum atomic E-state index is 11.4. The van der Waals surface area contributed by atoms with Crippen LogP contribution in [-0.2, 0) is 4.74 Å². The molecule has 0 atom stereocenters. The van der Waals surface area contributed by atoms with Crippen molar-refractivity contribution < 1.29 is 24.0 Å². The number of anilines is 2. The van der Waals surface area contributed by atoms with Gasteiger partial charge in [0.05, 0.1) is 28.6 Å². The Balaban J connectivity index is 2.10. The lowest BCUT2D eigenvalue weighted by Crippen LogP contribution is -2.02. The first kappa shape index (κ1) is 16.8. The Morgan fingerprint density at radius 1 is 1.08 bits per heavy atom. The second kappa shape index (κ2) is 6.43. The third-order valence-electron chi connectivity index (χ3n) is 3.47. The molecular formula is C14H9N5O7. The van der Waals surface area contributed by atoms with Crippen LogP contribution < -0.4 is 5.32 Å². The molecule has 0 unspecified atom stereocenters. The maximum Gasteiger partial charge on any atom is 0.337 e. The van der Waals surface area contributed by atoms with Gasteiger partial charge in [0.25, 0.3) is 0 Å². The zero-order valence-corrected chi connectivity index (χ0v) is 13.0. The van der Waals surface area contributed by atoms with E-state index in [-0.39, 0.29) is 22.3 Å². The third kappa shape index (κ3) is 2.86. The van der Waals surface area contributed by atoms with E-state index in [1.54, 1.807) is 0 Å². The molecule has 12 heteroatoms. The number of rotatable bonds is 5. The van der Waals surface area contributed by atoms with Crippen LogP contribution in [0.1, 0.15) is 10.4 Å². The van der Waals surface area contributed by atoms with Gasteiger partial charge in [-0.05, 0) is 34.6 Å². The van der Waals surface area contributed by atoms with Crippen LogP contribution in [0.25, 0.3) is 11.0 Å². The van der Waals surface area contributed by atoms with E-state index in [1.807, 2.05) is 0 Å². The van der Waals surface area contributed by atoms with Crippen molar-refractivity contribution in [2.24, 2.45) is 0 Å². The topological polar surface area (TPSA) is 164 Å². The number of non-ortho nitro benzene ring substituents is 1. The zero-order chi connectivity index (χ0) is 18.8. The maximum absolute atomic E-state index is 11.4. The van der Waals surface area contributed by atoms with Gasteiger partial charge in [-0.3, -0.25) is 20.2 Å². The fraction of sp³-hybridized carbons (Fsp3) is 0.0714. The number of methoxy groups -OCH3 is 1. The van der Waals surface area contributed by atoms with Gasteiger partial charge in [-0.2, -0.15) is 0 Å². The van der Waals surface area contributed by atoms with E-state index in [4.69, 9.17) is 0 Å². The molecule has 0 radical (unpaired) electrons. The summed E-state index contributed by atoms with van der Waals surface area (Å²) in [5, 5.41) is 32.2. The molecule has 3 aromatic rings. The standard InChI is InChI=1S/C14H9N5O7/c1-25-14(20)7-2-4-8(5-3-7)15-11-9(18(21)22)6-10(19(23)24)12-13(11)17-26-16-12/h2-6,15H,1H3. The van der Waals surface area contributed by atoms with E-state index in [0.29, 0.717) is 5.69 Å². The molecule has 26 heavy (non-hydrogen) atoms. The van der Waals surface area contributed by atoms with E-state index in [1.165, 1.54) is 31.4 Å². The lowest BCUT2D eigenvalue weighted by molar-refractivity contribution is -0.392. The molecule has 0 aliphatic carbocycles. The van der Waals surface area contributed by atoms with Gasteiger partial charge in [0.2, 0.25) is 5.52 Å². The molecule has 0 spiro atoms. The van der Waals surface area contributed by atoms with Gasteiger partial charge in [-0.25, -0.2) is 9.42 Å². The number of nitro groups is 2. The summed E-state index contributed by atoms with van der Waals surface area (Å²) in [6.45, 7) is 0. The Morgan fingerprint density at radius 3 is 2.27 bits per heavy atom. The van der Waals surface area contributed by atoms with Crippen molar-refractivity contribution in [3.63, 3.8) is 0 Å². The Labute approximate surface area is 143 Å². The summed E-state index contributed by atoms with van der Waals surface area (Å²) in [5.41, 5.74) is -1.03. The van der Waals surface area contributed by atoms with E-state index >= 15 is 0 Å². The number of aromatic nitrogens is 2. The molecular weight excluding hydrogens is 350 g/mol. The van der Waals surface area contributed by atoms with Crippen molar-refractivity contribution in [2.45, 2.75) is 0 Å². The molecule has 132 valence electrons. The smallest absolute Gasteiger partial charge is 0.337 e. The lowest BCUT2D eigenvalue weighted by Gasteiger charge is -2.08. The van der Waals surface area contributed by atoms with Crippen LogP contribution in [0.4, 0.5) is 22.7 Å². The van der Waals surface area contributed by atoms with Crippen molar-refractivity contribution in [2.75, 3.05) is 12.4 Å². The number of carbonyl (C=O) groups is 1. The fourth-order valence-electron chi connectivity index (χ4n) is 2.27. The SMILES string of the molecule is COC(=O)c1ccc(Nc2c([N+](=O)[O-])cc([N+](=O)[O-])c3nonc23)cc1. The van der Waals surface area contributed by atoms with E-state index in [9.17, 15) is 25.0 Å². The van der Waals surface area contributed by atoms with E-state index in [2.05, 4.69) is 25.0 Å². The Hall–Kier alpha value is -4.09. The number of ether oxygens (including phenoxy) is 1. The van der Waals surface area contributed by atoms with E-state index in [0.717, 1.165) is 6.07 Å². The predicted molar refractivity (Wildman–Crippen MR) is 86.2 cm³/mol. The normalized spacial score (nSPS) is 10.5. The zero-order valence-electron chi connectivity index (χ0n) is 13.0. The highest BCUT2D eigenvalue weighted by Gasteiger charge is 2.29. The molecule has 0 bridgehead atoms. The Kier molecular flexibility index (Phi) is 4.14. The summed E-state index contributed by atoms with van der Waals surface area (Å²) in [4.78, 5) is 32.3. The minimum atomic E-state index is -0.811. The van der Waals surface area contributed by atoms with E-state index < -0.39 is 27.2 Å². The number of nitrogens with zero attached hydrogens (tertiary/aromatic N) is 4. The average Bonchev–Trinajstić information content (AvgIpc) is 3.11. The molecule has 0 saturated carbocycles. The van der Waals surface area contributed by atoms with Crippen LogP contribution >= 0.6 is 0 Å². The second-order valence-corrected chi connectivity index (χ2v) is 4.96. The molecule has 1 N–H and O–H groups in total. The van der Waals surface area contributed by atoms with Gasteiger partial charge in [0, 0.05) is 5.69 Å². The van der Waals surface area contributed by atoms with Gasteiger partial charge in [-0.1, -0.05) is 0 Å². The number of hydrogen-bond donors (Lipinski definition) is 1. The number of hydrogen-bond acceptors (Lipinski definition) is 10. The first-order chi connectivity index (χ1) is 12.4. The molecule has 0 aliphatic heterocycles. The summed E-state index contributed by atoms with van der Waals surface area (Å²) in [6, 6.07) is 6.64. The number of benzene rings is 2. The lowest BCUT2D eigenvalue weighted by atomic mass is 10.1. The monoisotopic (exact) mass is 359 g/mol. The van der Waals surface area contributed by atoms with Gasteiger partial charge in [-0.15, -0.1) is 0 Å². The van der Waals surface area contributed by atoms with Crippen LogP contribution in [0, 0.1) is 20.2 Å². The number of nitrogens with one attached hydrogen (secondary N) is 1. The van der Waals surface area contributed by atoms with Crippen molar-refractivity contribution in [3.05, 3.63) is 56.1 Å². The number of carbonyl (C=O) groups excluding carboxylic acids is 1. The van der Waals surface area contributed by atoms with Crippen LogP contribution in [-0.4, -0.2) is 33.2 Å². The van der Waals surface area contributed by atoms with Crippen molar-refractivity contribution in [1.82, 2.24) is 10.3 Å². The highest BCUT2D eigenvalue weighted by molar-refractivity contribution is 6.00. The summed E-state index contributed by atoms with van der Waals surface area (Å²) >= 11 is 0. The average molecular weight is 359 g/mol. The predicted octanol–water partition coefficient (Wildman–Crippen LogP) is 2.57. The first-order valence-corrected chi connectivity index (χ1v) is 6.96. The van der Waals surface area contributed by atoms with Crippen molar-refractivity contribution in [3.8, 4) is 0 Å². The minimum Gasteiger partial charge on any atom is -0.465 e. The second-order valence-electron chi connectivity index (χ2n) is 4.96. The highest BCUT2D eigenvalue weighted by atomic mass is 16.6. The summed E-state index contributed by atoms with van der Waals surface area (Å²) in [6.07, 6.45) is 0. The van der Waals surface area contributed by atoms with Gasteiger partial charge >= 0.3 is 17.3 Å². The third-order valence-corrected chi connectivity index (χ3v) is 3.47. The van der Waals surface area contributed by atoms with Crippen LogP contribution in [0.5, 0.6) is 0 Å². The molecule has 2 aromatic carbocycles. The molecule has 12 nitrogen and oxygen atoms in total. The minimum absolute atomic E-state index is 0.123. The summed E-state index contributed by atoms with van der Waals surface area (Å²) < 4.78 is 9.09. The molecule has 0 aliphatic rings. The van der Waals surface area contributed by atoms with Crippen molar-refractivity contribution >= 4 is 39.8 Å². The molecule has 1 aromatic heterocycles. The number of fused-ring (bicyclic) bond motifs is 1. The summed E-state index contributed by atoms with van der Waals surface area (Å²) in [5.74, 6) is -0.541. The molecule has 1 heterocycles. The van der Waals surface area contributed by atoms with Gasteiger partial charge in [0.15, 0.2) is 5.52 Å². The highest BCUT2D eigenvalue weighted by Crippen LogP contribution is 2.39. The van der Waals surface area contributed by atoms with Gasteiger partial charge in [0.1, 0.15) is 5.69 Å². The summed E-state index contributed by atoms with van der Waals surface area (Å²) in [7, 11) is 1.24. The number of nitro benzene ring substituents is 2. The Bertz CT molecular complexity index is 1030.